The number of amides is 1. The largest absolute Gasteiger partial charge is 0.379 e. The summed E-state index contributed by atoms with van der Waals surface area (Å²) < 4.78 is 7.69. The summed E-state index contributed by atoms with van der Waals surface area (Å²) in [6.45, 7) is 6.50. The number of carbonyl (C=O) groups is 1. The van der Waals surface area contributed by atoms with Crippen molar-refractivity contribution in [3.8, 4) is 0 Å². The van der Waals surface area contributed by atoms with E-state index in [0.29, 0.717) is 31.1 Å². The van der Waals surface area contributed by atoms with E-state index in [2.05, 4.69) is 52.4 Å². The summed E-state index contributed by atoms with van der Waals surface area (Å²) in [7, 11) is 1.98. The van der Waals surface area contributed by atoms with Gasteiger partial charge in [0.25, 0.3) is 5.91 Å². The summed E-state index contributed by atoms with van der Waals surface area (Å²) in [5.74, 6) is 1.55. The molecule has 0 radical (unpaired) electrons. The molecule has 0 N–H and O–H groups in total. The zero-order valence-corrected chi connectivity index (χ0v) is 22.9. The fourth-order valence-corrected chi connectivity index (χ4v) is 7.03. The van der Waals surface area contributed by atoms with Gasteiger partial charge in [0, 0.05) is 59.9 Å². The number of nitrogens with zero attached hydrogens (tertiary/aromatic N) is 6. The minimum absolute atomic E-state index is 0.104. The molecule has 8 nitrogen and oxygen atoms in total. The maximum Gasteiger partial charge on any atom is 0.259 e. The van der Waals surface area contributed by atoms with E-state index in [1.165, 1.54) is 49.9 Å². The smallest absolute Gasteiger partial charge is 0.259 e. The van der Waals surface area contributed by atoms with Crippen LogP contribution in [0.2, 0.25) is 0 Å². The minimum Gasteiger partial charge on any atom is -0.379 e. The van der Waals surface area contributed by atoms with E-state index in [1.54, 1.807) is 6.33 Å². The fraction of sp³-hybridized carbons (Fsp3) is 0.548. The van der Waals surface area contributed by atoms with Crippen LogP contribution in [0.5, 0.6) is 0 Å². The maximum absolute atomic E-state index is 14.0. The maximum atomic E-state index is 14.0. The number of aryl methyl sites for hydroxylation is 1. The summed E-state index contributed by atoms with van der Waals surface area (Å²) in [6, 6.07) is 10.9. The van der Waals surface area contributed by atoms with Gasteiger partial charge >= 0.3 is 0 Å². The Bertz CT molecular complexity index is 1470. The quantitative estimate of drug-likeness (QED) is 0.459. The topological polar surface area (TPSA) is 76.4 Å². The lowest BCUT2D eigenvalue weighted by atomic mass is 9.75. The van der Waals surface area contributed by atoms with Crippen molar-refractivity contribution >= 4 is 11.6 Å². The SMILES string of the molecule is CC(c1cc2c(c(C3CC3)n1)CN(c1cccc(C3(Cc4nncn4C)COC3)c1)C2=O)N1CCC2(CC2)C1. The van der Waals surface area contributed by atoms with Crippen LogP contribution < -0.4 is 4.90 Å². The van der Waals surface area contributed by atoms with Gasteiger partial charge in [-0.25, -0.2) is 0 Å². The van der Waals surface area contributed by atoms with Gasteiger partial charge in [-0.05, 0) is 74.8 Å². The van der Waals surface area contributed by atoms with Crippen molar-refractivity contribution in [3.63, 3.8) is 0 Å². The second kappa shape index (κ2) is 8.45. The average Bonchev–Trinajstić information content (AvgIpc) is 3.79. The highest BCUT2D eigenvalue weighted by Crippen LogP contribution is 2.54. The molecule has 0 bridgehead atoms. The first-order chi connectivity index (χ1) is 18.9. The molecule has 8 rings (SSSR count). The Kier molecular flexibility index (Phi) is 5.15. The van der Waals surface area contributed by atoms with E-state index in [-0.39, 0.29) is 17.4 Å². The standard InChI is InChI=1S/C31H36N6O2/c1-20(36-11-10-30(16-36)8-9-30)26-13-24-25(28(33-26)21-6-7-21)15-37(29(24)38)23-5-3-4-22(12-23)31(17-39-18-31)14-27-34-32-19-35(27)2/h3-5,12-13,19-21H,6-11,14-18H2,1-2H3. The van der Waals surface area contributed by atoms with Crippen molar-refractivity contribution in [2.24, 2.45) is 12.5 Å². The molecule has 1 aromatic carbocycles. The zero-order valence-electron chi connectivity index (χ0n) is 22.9. The third kappa shape index (κ3) is 3.86. The normalized spacial score (nSPS) is 23.7. The number of anilines is 1. The van der Waals surface area contributed by atoms with Crippen molar-refractivity contribution in [3.05, 3.63) is 70.6 Å². The summed E-state index contributed by atoms with van der Waals surface area (Å²) in [5.41, 5.74) is 6.83. The van der Waals surface area contributed by atoms with E-state index in [1.807, 2.05) is 16.5 Å². The zero-order chi connectivity index (χ0) is 26.4. The van der Waals surface area contributed by atoms with Gasteiger partial charge in [-0.1, -0.05) is 12.1 Å². The van der Waals surface area contributed by atoms with Gasteiger partial charge in [-0.2, -0.15) is 0 Å². The highest BCUT2D eigenvalue weighted by molar-refractivity contribution is 6.10. The first-order valence-corrected chi connectivity index (χ1v) is 14.5. The number of fused-ring (bicyclic) bond motifs is 1. The van der Waals surface area contributed by atoms with Crippen molar-refractivity contribution in [1.29, 1.82) is 0 Å². The molecule has 2 saturated carbocycles. The number of ether oxygens (including phenoxy) is 1. The van der Waals surface area contributed by atoms with Crippen molar-refractivity contribution in [1.82, 2.24) is 24.6 Å². The molecule has 2 saturated heterocycles. The highest BCUT2D eigenvalue weighted by Gasteiger charge is 2.49. The second-order valence-corrected chi connectivity index (χ2v) is 12.9. The number of aromatic nitrogens is 4. The Labute approximate surface area is 229 Å². The first-order valence-electron chi connectivity index (χ1n) is 14.5. The molecule has 202 valence electrons. The van der Waals surface area contributed by atoms with Crippen LogP contribution >= 0.6 is 0 Å². The van der Waals surface area contributed by atoms with E-state index in [4.69, 9.17) is 9.72 Å². The van der Waals surface area contributed by atoms with E-state index < -0.39 is 0 Å². The van der Waals surface area contributed by atoms with Crippen LogP contribution in [0.15, 0.2) is 36.7 Å². The first kappa shape index (κ1) is 23.8. The summed E-state index contributed by atoms with van der Waals surface area (Å²) in [5, 5.41) is 8.39. The average molecular weight is 525 g/mol. The predicted molar refractivity (Wildman–Crippen MR) is 147 cm³/mol. The van der Waals surface area contributed by atoms with Crippen LogP contribution in [0.1, 0.15) is 89.7 Å². The van der Waals surface area contributed by atoms with Crippen LogP contribution in [0, 0.1) is 5.41 Å². The number of benzene rings is 1. The van der Waals surface area contributed by atoms with Crippen molar-refractivity contribution in [2.45, 2.75) is 69.4 Å². The Morgan fingerprint density at radius 3 is 2.67 bits per heavy atom. The molecule has 1 atom stereocenters. The van der Waals surface area contributed by atoms with E-state index >= 15 is 0 Å². The van der Waals surface area contributed by atoms with Gasteiger partial charge in [0.1, 0.15) is 12.2 Å². The lowest BCUT2D eigenvalue weighted by Gasteiger charge is -2.42. The Balaban J connectivity index is 1.10. The molecule has 1 unspecified atom stereocenters. The van der Waals surface area contributed by atoms with Crippen molar-refractivity contribution < 1.29 is 9.53 Å². The lowest BCUT2D eigenvalue weighted by Crippen LogP contribution is -2.49. The van der Waals surface area contributed by atoms with Crippen LogP contribution in [0.3, 0.4) is 0 Å². The molecule has 5 aliphatic rings. The number of carbonyl (C=O) groups excluding carboxylic acids is 1. The van der Waals surface area contributed by atoms with Gasteiger partial charge in [-0.3, -0.25) is 14.7 Å². The van der Waals surface area contributed by atoms with E-state index in [9.17, 15) is 4.79 Å². The third-order valence-electron chi connectivity index (χ3n) is 10.2. The highest BCUT2D eigenvalue weighted by atomic mass is 16.5. The minimum atomic E-state index is -0.148. The van der Waals surface area contributed by atoms with Crippen LogP contribution in [0.4, 0.5) is 5.69 Å². The van der Waals surface area contributed by atoms with Crippen LogP contribution in [0.25, 0.3) is 0 Å². The molecular formula is C31H36N6O2. The van der Waals surface area contributed by atoms with Crippen LogP contribution in [-0.4, -0.2) is 56.9 Å². The van der Waals surface area contributed by atoms with Gasteiger partial charge in [0.05, 0.1) is 25.5 Å². The molecular weight excluding hydrogens is 488 g/mol. The number of hydrogen-bond acceptors (Lipinski definition) is 6. The third-order valence-corrected chi connectivity index (χ3v) is 10.2. The van der Waals surface area contributed by atoms with Gasteiger partial charge in [0.15, 0.2) is 0 Å². The van der Waals surface area contributed by atoms with Gasteiger partial charge in [0.2, 0.25) is 0 Å². The summed E-state index contributed by atoms with van der Waals surface area (Å²) in [4.78, 5) is 23.8. The molecule has 5 heterocycles. The van der Waals surface area contributed by atoms with Crippen LogP contribution in [-0.2, 0) is 30.2 Å². The Hall–Kier alpha value is -3.10. The fourth-order valence-electron chi connectivity index (χ4n) is 7.03. The van der Waals surface area contributed by atoms with Gasteiger partial charge in [-0.15, -0.1) is 10.2 Å². The second-order valence-electron chi connectivity index (χ2n) is 12.9. The Morgan fingerprint density at radius 2 is 2.00 bits per heavy atom. The number of hydrogen-bond donors (Lipinski definition) is 0. The predicted octanol–water partition coefficient (Wildman–Crippen LogP) is 4.31. The number of pyridine rings is 1. The molecule has 4 fully saturated rings. The van der Waals surface area contributed by atoms with E-state index in [0.717, 1.165) is 41.3 Å². The number of likely N-dealkylation sites (tertiary alicyclic amines) is 1. The molecule has 8 heteroatoms. The summed E-state index contributed by atoms with van der Waals surface area (Å²) >= 11 is 0. The molecule has 39 heavy (non-hydrogen) atoms. The summed E-state index contributed by atoms with van der Waals surface area (Å²) in [6.07, 6.45) is 8.92. The number of rotatable bonds is 7. The monoisotopic (exact) mass is 524 g/mol. The van der Waals surface area contributed by atoms with Crippen molar-refractivity contribution in [2.75, 3.05) is 31.2 Å². The molecule has 1 amide bonds. The molecule has 3 aromatic rings. The molecule has 2 aliphatic carbocycles. The lowest BCUT2D eigenvalue weighted by molar-refractivity contribution is -0.0611. The molecule has 1 spiro atoms. The Morgan fingerprint density at radius 1 is 1.15 bits per heavy atom. The van der Waals surface area contributed by atoms with Gasteiger partial charge < -0.3 is 14.2 Å². The molecule has 3 aliphatic heterocycles. The molecule has 2 aromatic heterocycles.